The molecule has 6 aromatic rings. The van der Waals surface area contributed by atoms with Gasteiger partial charge < -0.3 is 0 Å². The first-order valence-electron chi connectivity index (χ1n) is 13.7. The Morgan fingerprint density at radius 3 is 1.41 bits per heavy atom. The summed E-state index contributed by atoms with van der Waals surface area (Å²) >= 11 is 3.82. The summed E-state index contributed by atoms with van der Waals surface area (Å²) in [6.07, 6.45) is 0. The van der Waals surface area contributed by atoms with E-state index in [4.69, 9.17) is 9.97 Å². The SMILES string of the molecule is Cc1cccc(C2C(c3cccc(C)c3)C(c3nc4ccccc4s3)[Si](C)(C)C2c2nc3ccccc3s2)c1. The lowest BCUT2D eigenvalue weighted by Crippen LogP contribution is -2.37. The van der Waals surface area contributed by atoms with E-state index in [2.05, 4.69) is 124 Å². The average Bonchev–Trinajstić information content (AvgIpc) is 3.59. The molecule has 3 heterocycles. The Balaban J connectivity index is 1.52. The smallest absolute Gasteiger partial charge is 0.0949 e. The summed E-state index contributed by atoms with van der Waals surface area (Å²) in [4.78, 5) is 10.7. The first kappa shape index (κ1) is 24.9. The van der Waals surface area contributed by atoms with Crippen LogP contribution in [0.15, 0.2) is 97.1 Å². The lowest BCUT2D eigenvalue weighted by atomic mass is 9.77. The van der Waals surface area contributed by atoms with E-state index in [-0.39, 0.29) is 0 Å². The number of para-hydroxylation sites is 2. The van der Waals surface area contributed by atoms with Crippen molar-refractivity contribution < 1.29 is 0 Å². The van der Waals surface area contributed by atoms with Crippen LogP contribution in [0.1, 0.15) is 55.2 Å². The summed E-state index contributed by atoms with van der Waals surface area (Å²) in [5.74, 6) is 0.678. The van der Waals surface area contributed by atoms with Gasteiger partial charge in [0, 0.05) is 11.1 Å². The van der Waals surface area contributed by atoms with Crippen molar-refractivity contribution >= 4 is 51.2 Å². The molecule has 2 aromatic heterocycles. The predicted molar refractivity (Wildman–Crippen MR) is 170 cm³/mol. The molecule has 0 bridgehead atoms. The van der Waals surface area contributed by atoms with Gasteiger partial charge in [-0.05, 0) is 61.1 Å². The maximum absolute atomic E-state index is 5.34. The molecule has 39 heavy (non-hydrogen) atoms. The number of benzene rings is 4. The van der Waals surface area contributed by atoms with E-state index in [0.717, 1.165) is 11.0 Å². The molecule has 0 amide bonds. The van der Waals surface area contributed by atoms with Crippen molar-refractivity contribution in [2.24, 2.45) is 0 Å². The molecule has 1 fully saturated rings. The zero-order chi connectivity index (χ0) is 26.7. The summed E-state index contributed by atoms with van der Waals surface area (Å²) in [5.41, 5.74) is 8.55. The Morgan fingerprint density at radius 1 is 0.564 bits per heavy atom. The van der Waals surface area contributed by atoms with Crippen molar-refractivity contribution in [1.29, 1.82) is 0 Å². The topological polar surface area (TPSA) is 25.8 Å². The summed E-state index contributed by atoms with van der Waals surface area (Å²) in [7, 11) is -2.04. The van der Waals surface area contributed by atoms with Gasteiger partial charge in [0.15, 0.2) is 0 Å². The van der Waals surface area contributed by atoms with Crippen LogP contribution in [-0.4, -0.2) is 18.0 Å². The zero-order valence-electron chi connectivity index (χ0n) is 22.8. The van der Waals surface area contributed by atoms with Crippen LogP contribution in [0.5, 0.6) is 0 Å². The van der Waals surface area contributed by atoms with E-state index in [9.17, 15) is 0 Å². The molecule has 2 nitrogen and oxygen atoms in total. The van der Waals surface area contributed by atoms with Gasteiger partial charge in [0.25, 0.3) is 0 Å². The Hall–Kier alpha value is -3.12. The van der Waals surface area contributed by atoms with Gasteiger partial charge in [-0.1, -0.05) is 97.0 Å². The number of aromatic nitrogens is 2. The van der Waals surface area contributed by atoms with Crippen LogP contribution in [0.3, 0.4) is 0 Å². The minimum absolute atomic E-state index is 0.339. The van der Waals surface area contributed by atoms with Crippen LogP contribution in [0.4, 0.5) is 0 Å². The van der Waals surface area contributed by atoms with E-state index in [1.54, 1.807) is 0 Å². The molecule has 194 valence electrons. The van der Waals surface area contributed by atoms with Crippen LogP contribution in [-0.2, 0) is 0 Å². The fourth-order valence-corrected chi connectivity index (χ4v) is 15.7. The summed E-state index contributed by atoms with van der Waals surface area (Å²) in [6, 6.07) is 35.8. The first-order chi connectivity index (χ1) is 18.9. The normalized spacial score (nSPS) is 22.6. The quantitative estimate of drug-likeness (QED) is 0.201. The molecule has 1 saturated heterocycles. The minimum atomic E-state index is -2.04. The molecule has 1 aliphatic rings. The molecule has 0 spiro atoms. The third kappa shape index (κ3) is 4.19. The molecular formula is C34H32N2S2Si. The molecule has 0 aliphatic carbocycles. The standard InChI is InChI=1S/C34H32N2S2Si/c1-21-11-9-13-23(19-21)29-30(24-14-10-12-22(2)20-24)32(34-36-26-16-6-8-18-28(26)38-34)39(3,4)31(29)33-35-25-15-5-7-17-27(25)37-33/h5-20,29-32H,1-4H3. The Kier molecular flexibility index (Phi) is 6.07. The van der Waals surface area contributed by atoms with E-state index in [1.807, 2.05) is 22.7 Å². The Bertz CT molecular complexity index is 1620. The van der Waals surface area contributed by atoms with Crippen LogP contribution < -0.4 is 0 Å². The zero-order valence-corrected chi connectivity index (χ0v) is 25.4. The van der Waals surface area contributed by atoms with Gasteiger partial charge in [0.1, 0.15) is 0 Å². The van der Waals surface area contributed by atoms with Crippen molar-refractivity contribution in [2.45, 2.75) is 49.9 Å². The number of thiazole rings is 2. The number of rotatable bonds is 4. The highest BCUT2D eigenvalue weighted by Crippen LogP contribution is 2.65. The lowest BCUT2D eigenvalue weighted by molar-refractivity contribution is 0.551. The average molecular weight is 561 g/mol. The van der Waals surface area contributed by atoms with Crippen molar-refractivity contribution in [2.75, 3.05) is 0 Å². The third-order valence-corrected chi connectivity index (χ3v) is 15.8. The molecule has 4 aromatic carbocycles. The molecule has 0 radical (unpaired) electrons. The fourth-order valence-electron chi connectivity index (χ4n) is 7.08. The van der Waals surface area contributed by atoms with Crippen molar-refractivity contribution in [3.05, 3.63) is 129 Å². The Morgan fingerprint density at radius 2 is 1.00 bits per heavy atom. The highest BCUT2D eigenvalue weighted by atomic mass is 32.1. The van der Waals surface area contributed by atoms with Crippen molar-refractivity contribution in [3.8, 4) is 0 Å². The van der Waals surface area contributed by atoms with Crippen molar-refractivity contribution in [1.82, 2.24) is 9.97 Å². The van der Waals surface area contributed by atoms with Crippen LogP contribution >= 0.6 is 22.7 Å². The number of nitrogens with zero attached hydrogens (tertiary/aromatic N) is 2. The largest absolute Gasteiger partial charge is 0.241 e. The highest BCUT2D eigenvalue weighted by molar-refractivity contribution is 7.20. The summed E-state index contributed by atoms with van der Waals surface area (Å²) < 4.78 is 2.58. The Labute approximate surface area is 239 Å². The van der Waals surface area contributed by atoms with E-state index in [1.165, 1.54) is 41.7 Å². The molecule has 1 aliphatic heterocycles. The second-order valence-electron chi connectivity index (χ2n) is 11.7. The van der Waals surface area contributed by atoms with Crippen LogP contribution in [0, 0.1) is 13.8 Å². The van der Waals surface area contributed by atoms with E-state index in [0.29, 0.717) is 22.9 Å². The molecule has 7 rings (SSSR count). The minimum Gasteiger partial charge on any atom is -0.241 e. The van der Waals surface area contributed by atoms with Gasteiger partial charge in [-0.3, -0.25) is 0 Å². The molecule has 0 saturated carbocycles. The van der Waals surface area contributed by atoms with Gasteiger partial charge in [-0.2, -0.15) is 0 Å². The maximum atomic E-state index is 5.34. The van der Waals surface area contributed by atoms with Crippen LogP contribution in [0.2, 0.25) is 13.1 Å². The van der Waals surface area contributed by atoms with E-state index >= 15 is 0 Å². The van der Waals surface area contributed by atoms with E-state index < -0.39 is 8.07 Å². The summed E-state index contributed by atoms with van der Waals surface area (Å²) in [6.45, 7) is 9.67. The third-order valence-electron chi connectivity index (χ3n) is 8.72. The van der Waals surface area contributed by atoms with Gasteiger partial charge in [0.2, 0.25) is 0 Å². The van der Waals surface area contributed by atoms with Gasteiger partial charge in [0.05, 0.1) is 38.5 Å². The second kappa shape index (κ2) is 9.51. The van der Waals surface area contributed by atoms with Gasteiger partial charge in [-0.25, -0.2) is 9.97 Å². The maximum Gasteiger partial charge on any atom is 0.0949 e. The highest BCUT2D eigenvalue weighted by Gasteiger charge is 2.60. The molecule has 4 atom stereocenters. The molecule has 5 heteroatoms. The first-order valence-corrected chi connectivity index (χ1v) is 18.5. The van der Waals surface area contributed by atoms with Gasteiger partial charge >= 0.3 is 0 Å². The lowest BCUT2D eigenvalue weighted by Gasteiger charge is -2.30. The number of hydrogen-bond acceptors (Lipinski definition) is 4. The molecular weight excluding hydrogens is 529 g/mol. The summed E-state index contributed by atoms with van der Waals surface area (Å²) in [5, 5.41) is 2.61. The number of hydrogen-bond donors (Lipinski definition) is 0. The molecule has 0 N–H and O–H groups in total. The molecule has 4 unspecified atom stereocenters. The second-order valence-corrected chi connectivity index (χ2v) is 18.7. The predicted octanol–water partition coefficient (Wildman–Crippen LogP) is 9.76. The fraction of sp³-hybridized carbons (Fsp3) is 0.235. The number of aryl methyl sites for hydroxylation is 2. The monoisotopic (exact) mass is 560 g/mol. The van der Waals surface area contributed by atoms with Crippen LogP contribution in [0.25, 0.3) is 20.4 Å². The van der Waals surface area contributed by atoms with Gasteiger partial charge in [-0.15, -0.1) is 22.7 Å². The number of fused-ring (bicyclic) bond motifs is 2. The van der Waals surface area contributed by atoms with Crippen molar-refractivity contribution in [3.63, 3.8) is 0 Å².